The number of hydrogen-bond donors (Lipinski definition) is 1. The van der Waals surface area contributed by atoms with Crippen molar-refractivity contribution in [2.24, 2.45) is 0 Å². The molecule has 0 unspecified atom stereocenters. The van der Waals surface area contributed by atoms with Gasteiger partial charge in [-0.15, -0.1) is 11.8 Å². The molecule has 0 spiro atoms. The highest BCUT2D eigenvalue weighted by atomic mass is 32.2. The Labute approximate surface area is 163 Å². The van der Waals surface area contributed by atoms with Gasteiger partial charge in [0, 0.05) is 16.6 Å². The maximum atomic E-state index is 13.2. The van der Waals surface area contributed by atoms with E-state index in [0.717, 1.165) is 23.6 Å². The van der Waals surface area contributed by atoms with Crippen molar-refractivity contribution in [1.29, 1.82) is 0 Å². The quantitative estimate of drug-likeness (QED) is 0.718. The molecule has 2 heterocycles. The van der Waals surface area contributed by atoms with Crippen molar-refractivity contribution in [2.75, 3.05) is 5.75 Å². The van der Waals surface area contributed by atoms with E-state index in [1.54, 1.807) is 4.68 Å². The van der Waals surface area contributed by atoms with Crippen LogP contribution in [0.15, 0.2) is 65.6 Å². The van der Waals surface area contributed by atoms with E-state index in [2.05, 4.69) is 23.5 Å². The van der Waals surface area contributed by atoms with E-state index in [-0.39, 0.29) is 11.9 Å². The summed E-state index contributed by atoms with van der Waals surface area (Å²) in [5.41, 5.74) is 3.80. The van der Waals surface area contributed by atoms with Gasteiger partial charge < -0.3 is 5.32 Å². The highest BCUT2D eigenvalue weighted by Gasteiger charge is 2.30. The van der Waals surface area contributed by atoms with Crippen LogP contribution >= 0.6 is 11.8 Å². The Morgan fingerprint density at radius 2 is 1.81 bits per heavy atom. The highest BCUT2D eigenvalue weighted by molar-refractivity contribution is 7.99. The van der Waals surface area contributed by atoms with Crippen molar-refractivity contribution in [3.05, 3.63) is 77.6 Å². The summed E-state index contributed by atoms with van der Waals surface area (Å²) in [6.07, 6.45) is 3.28. The molecule has 1 fully saturated rings. The zero-order valence-corrected chi connectivity index (χ0v) is 15.8. The monoisotopic (exact) mass is 375 g/mol. The topological polar surface area (TPSA) is 46.9 Å². The lowest BCUT2D eigenvalue weighted by molar-refractivity contribution is 0.0927. The Balaban J connectivity index is 1.47. The molecule has 1 aromatic heterocycles. The van der Waals surface area contributed by atoms with Gasteiger partial charge in [0.15, 0.2) is 0 Å². The summed E-state index contributed by atoms with van der Waals surface area (Å²) in [4.78, 5) is 14.5. The first-order valence-electron chi connectivity index (χ1n) is 9.47. The largest absolute Gasteiger partial charge is 0.344 e. The van der Waals surface area contributed by atoms with Crippen molar-refractivity contribution < 1.29 is 4.79 Å². The van der Waals surface area contributed by atoms with Gasteiger partial charge in [0.2, 0.25) is 0 Å². The summed E-state index contributed by atoms with van der Waals surface area (Å²) in [5, 5.41) is 8.01. The van der Waals surface area contributed by atoms with Crippen molar-refractivity contribution in [3.63, 3.8) is 0 Å². The number of rotatable bonds is 4. The van der Waals surface area contributed by atoms with Crippen LogP contribution in [0.4, 0.5) is 0 Å². The molecule has 136 valence electrons. The number of nitrogens with zero attached hydrogens (tertiary/aromatic N) is 2. The fraction of sp³-hybridized carbons (Fsp3) is 0.273. The zero-order valence-electron chi connectivity index (χ0n) is 15.0. The second kappa shape index (κ2) is 6.89. The zero-order chi connectivity index (χ0) is 18.2. The first kappa shape index (κ1) is 16.6. The molecule has 0 saturated heterocycles. The summed E-state index contributed by atoms with van der Waals surface area (Å²) >= 11 is 1.86. The van der Waals surface area contributed by atoms with Crippen LogP contribution in [0.5, 0.6) is 0 Å². The summed E-state index contributed by atoms with van der Waals surface area (Å²) in [6.45, 7) is 0. The minimum atomic E-state index is -0.0510. The molecular formula is C22H21N3OS. The van der Waals surface area contributed by atoms with Crippen molar-refractivity contribution in [1.82, 2.24) is 15.1 Å². The number of thioether (sulfide) groups is 1. The third kappa shape index (κ3) is 3.28. The number of para-hydroxylation sites is 1. The van der Waals surface area contributed by atoms with Crippen LogP contribution in [0.25, 0.3) is 5.69 Å². The van der Waals surface area contributed by atoms with Gasteiger partial charge in [-0.2, -0.15) is 5.10 Å². The normalized spacial score (nSPS) is 18.7. The molecule has 5 rings (SSSR count). The molecule has 2 aliphatic rings. The predicted octanol–water partition coefficient (Wildman–Crippen LogP) is 4.72. The van der Waals surface area contributed by atoms with E-state index < -0.39 is 0 Å². The number of carbonyl (C=O) groups excluding carboxylic acids is 1. The van der Waals surface area contributed by atoms with Crippen LogP contribution in [-0.4, -0.2) is 21.4 Å². The predicted molar refractivity (Wildman–Crippen MR) is 108 cm³/mol. The molecule has 1 amide bonds. The molecule has 1 atom stereocenters. The van der Waals surface area contributed by atoms with Crippen LogP contribution in [0, 0.1) is 0 Å². The van der Waals surface area contributed by atoms with Gasteiger partial charge in [-0.3, -0.25) is 4.79 Å². The summed E-state index contributed by atoms with van der Waals surface area (Å²) in [6, 6.07) is 20.3. The van der Waals surface area contributed by atoms with Gasteiger partial charge in [0.05, 0.1) is 17.4 Å². The molecule has 1 N–H and O–H groups in total. The minimum absolute atomic E-state index is 0.0510. The Hall–Kier alpha value is -2.53. The standard InChI is InChI=1S/C22H21N3OS/c26-22(23-18-12-13-27-21-9-5-4-8-17(18)21)20-14-19(15-10-11-15)24-25(20)16-6-2-1-3-7-16/h1-9,14-15,18H,10-13H2,(H,23,26)/t18-/m0/s1. The first-order valence-corrected chi connectivity index (χ1v) is 10.5. The Kier molecular flexibility index (Phi) is 4.24. The second-order valence-corrected chi connectivity index (χ2v) is 8.31. The fourth-order valence-corrected chi connectivity index (χ4v) is 4.76. The Bertz CT molecular complexity index is 978. The van der Waals surface area contributed by atoms with Crippen LogP contribution in [0.1, 0.15) is 53.0 Å². The summed E-state index contributed by atoms with van der Waals surface area (Å²) < 4.78 is 1.80. The van der Waals surface area contributed by atoms with E-state index >= 15 is 0 Å². The lowest BCUT2D eigenvalue weighted by Crippen LogP contribution is -2.32. The van der Waals surface area contributed by atoms with Crippen molar-refractivity contribution in [2.45, 2.75) is 36.1 Å². The van der Waals surface area contributed by atoms with E-state index in [0.29, 0.717) is 11.6 Å². The number of amides is 1. The van der Waals surface area contributed by atoms with E-state index in [1.165, 1.54) is 23.3 Å². The third-order valence-corrected chi connectivity index (χ3v) is 6.34. The Morgan fingerprint density at radius 1 is 1.04 bits per heavy atom. The molecular weight excluding hydrogens is 354 g/mol. The Morgan fingerprint density at radius 3 is 2.63 bits per heavy atom. The molecule has 2 aromatic carbocycles. The average Bonchev–Trinajstić information content (AvgIpc) is 3.47. The summed E-state index contributed by atoms with van der Waals surface area (Å²) in [5.74, 6) is 1.48. The maximum Gasteiger partial charge on any atom is 0.270 e. The van der Waals surface area contributed by atoms with E-state index in [1.807, 2.05) is 54.2 Å². The number of hydrogen-bond acceptors (Lipinski definition) is 3. The van der Waals surface area contributed by atoms with Crippen LogP contribution < -0.4 is 5.32 Å². The third-order valence-electron chi connectivity index (χ3n) is 5.22. The van der Waals surface area contributed by atoms with Crippen LogP contribution in [0.3, 0.4) is 0 Å². The number of carbonyl (C=O) groups is 1. The van der Waals surface area contributed by atoms with Gasteiger partial charge in [-0.25, -0.2) is 4.68 Å². The SMILES string of the molecule is O=C(N[C@H]1CCSc2ccccc21)c1cc(C2CC2)nn1-c1ccccc1. The molecule has 1 saturated carbocycles. The van der Waals surface area contributed by atoms with E-state index in [9.17, 15) is 4.79 Å². The molecule has 1 aliphatic heterocycles. The highest BCUT2D eigenvalue weighted by Crippen LogP contribution is 2.40. The van der Waals surface area contributed by atoms with Crippen LogP contribution in [-0.2, 0) is 0 Å². The number of nitrogens with one attached hydrogen (secondary N) is 1. The van der Waals surface area contributed by atoms with Gasteiger partial charge in [0.25, 0.3) is 5.91 Å². The fourth-order valence-electron chi connectivity index (χ4n) is 3.63. The maximum absolute atomic E-state index is 13.2. The van der Waals surface area contributed by atoms with Crippen LogP contribution in [0.2, 0.25) is 0 Å². The average molecular weight is 375 g/mol. The molecule has 27 heavy (non-hydrogen) atoms. The number of aromatic nitrogens is 2. The lowest BCUT2D eigenvalue weighted by Gasteiger charge is -2.25. The van der Waals surface area contributed by atoms with Crippen molar-refractivity contribution in [3.8, 4) is 5.69 Å². The van der Waals surface area contributed by atoms with Gasteiger partial charge in [0.1, 0.15) is 5.69 Å². The number of benzene rings is 2. The van der Waals surface area contributed by atoms with Crippen molar-refractivity contribution >= 4 is 17.7 Å². The molecule has 5 heteroatoms. The number of fused-ring (bicyclic) bond motifs is 1. The molecule has 3 aromatic rings. The van der Waals surface area contributed by atoms with Gasteiger partial charge >= 0.3 is 0 Å². The molecule has 0 radical (unpaired) electrons. The molecule has 0 bridgehead atoms. The van der Waals surface area contributed by atoms with Gasteiger partial charge in [-0.1, -0.05) is 36.4 Å². The minimum Gasteiger partial charge on any atom is -0.344 e. The second-order valence-electron chi connectivity index (χ2n) is 7.18. The summed E-state index contributed by atoms with van der Waals surface area (Å²) in [7, 11) is 0. The first-order chi connectivity index (χ1) is 13.3. The van der Waals surface area contributed by atoms with E-state index in [4.69, 9.17) is 5.10 Å². The molecule has 1 aliphatic carbocycles. The lowest BCUT2D eigenvalue weighted by atomic mass is 10.0. The van der Waals surface area contributed by atoms with Gasteiger partial charge in [-0.05, 0) is 49.1 Å². The molecule has 4 nitrogen and oxygen atoms in total. The smallest absolute Gasteiger partial charge is 0.270 e.